The first kappa shape index (κ1) is 12.2. The number of amides is 1. The fraction of sp³-hybridized carbons (Fsp3) is 0.545. The van der Waals surface area contributed by atoms with Crippen LogP contribution in [0.1, 0.15) is 25.8 Å². The average molecular weight is 226 g/mol. The Labute approximate surface area is 94.7 Å². The van der Waals surface area contributed by atoms with E-state index in [0.29, 0.717) is 13.1 Å². The maximum atomic E-state index is 11.8. The Kier molecular flexibility index (Phi) is 4.29. The highest BCUT2D eigenvalue weighted by Gasteiger charge is 2.29. The molecule has 0 spiro atoms. The van der Waals surface area contributed by atoms with Gasteiger partial charge in [0, 0.05) is 13.1 Å². The summed E-state index contributed by atoms with van der Waals surface area (Å²) in [5.74, 6) is 0.0405. The molecule has 4 heteroatoms. The van der Waals surface area contributed by atoms with Crippen molar-refractivity contribution >= 4 is 17.2 Å². The van der Waals surface area contributed by atoms with Gasteiger partial charge in [0.25, 0.3) is 0 Å². The highest BCUT2D eigenvalue weighted by molar-refractivity contribution is 7.07. The van der Waals surface area contributed by atoms with Crippen molar-refractivity contribution in [1.82, 2.24) is 5.32 Å². The van der Waals surface area contributed by atoms with Crippen molar-refractivity contribution in [3.05, 3.63) is 22.4 Å². The van der Waals surface area contributed by atoms with Crippen LogP contribution in [0.5, 0.6) is 0 Å². The molecule has 0 saturated heterocycles. The van der Waals surface area contributed by atoms with Gasteiger partial charge < -0.3 is 11.1 Å². The molecule has 1 aromatic heterocycles. The maximum absolute atomic E-state index is 11.8. The molecule has 0 fully saturated rings. The molecule has 1 aromatic rings. The van der Waals surface area contributed by atoms with Gasteiger partial charge in [-0.1, -0.05) is 6.92 Å². The monoisotopic (exact) mass is 226 g/mol. The summed E-state index contributed by atoms with van der Waals surface area (Å²) >= 11 is 1.63. The second-order valence-corrected chi connectivity index (χ2v) is 4.71. The number of nitrogens with one attached hydrogen (secondary N) is 1. The largest absolute Gasteiger partial charge is 0.351 e. The van der Waals surface area contributed by atoms with Gasteiger partial charge in [-0.3, -0.25) is 4.79 Å². The molecule has 1 unspecified atom stereocenters. The quantitative estimate of drug-likeness (QED) is 0.803. The number of carbonyl (C=O) groups excluding carboxylic acids is 1. The van der Waals surface area contributed by atoms with Crippen molar-refractivity contribution in [3.63, 3.8) is 0 Å². The van der Waals surface area contributed by atoms with E-state index < -0.39 is 5.41 Å². The lowest BCUT2D eigenvalue weighted by Crippen LogP contribution is -2.43. The van der Waals surface area contributed by atoms with Crippen LogP contribution in [0.3, 0.4) is 0 Å². The van der Waals surface area contributed by atoms with Crippen LogP contribution >= 0.6 is 11.3 Å². The summed E-state index contributed by atoms with van der Waals surface area (Å²) in [4.78, 5) is 11.8. The van der Waals surface area contributed by atoms with Gasteiger partial charge in [-0.25, -0.2) is 0 Å². The zero-order chi connectivity index (χ0) is 11.3. The average Bonchev–Trinajstić information content (AvgIpc) is 2.77. The third-order valence-electron chi connectivity index (χ3n) is 2.81. The molecule has 15 heavy (non-hydrogen) atoms. The summed E-state index contributed by atoms with van der Waals surface area (Å²) in [7, 11) is 0. The van der Waals surface area contributed by atoms with Crippen molar-refractivity contribution in [2.45, 2.75) is 26.8 Å². The molecule has 0 bridgehead atoms. The van der Waals surface area contributed by atoms with Crippen LogP contribution in [0, 0.1) is 5.41 Å². The van der Waals surface area contributed by atoms with Gasteiger partial charge >= 0.3 is 0 Å². The van der Waals surface area contributed by atoms with E-state index in [-0.39, 0.29) is 5.91 Å². The minimum absolute atomic E-state index is 0.0405. The van der Waals surface area contributed by atoms with E-state index in [1.54, 1.807) is 11.3 Å². The van der Waals surface area contributed by atoms with Crippen LogP contribution in [-0.4, -0.2) is 12.5 Å². The van der Waals surface area contributed by atoms with Gasteiger partial charge in [-0.2, -0.15) is 11.3 Å². The molecule has 0 saturated carbocycles. The van der Waals surface area contributed by atoms with Crippen molar-refractivity contribution in [2.24, 2.45) is 11.1 Å². The van der Waals surface area contributed by atoms with Gasteiger partial charge in [0.1, 0.15) is 0 Å². The first-order valence-corrected chi connectivity index (χ1v) is 6.06. The number of hydrogen-bond donors (Lipinski definition) is 2. The number of carbonyl (C=O) groups is 1. The summed E-state index contributed by atoms with van der Waals surface area (Å²) < 4.78 is 0. The van der Waals surface area contributed by atoms with Crippen LogP contribution in [0.15, 0.2) is 16.8 Å². The number of thiophene rings is 1. The van der Waals surface area contributed by atoms with E-state index in [2.05, 4.69) is 5.32 Å². The summed E-state index contributed by atoms with van der Waals surface area (Å²) in [6.45, 7) is 4.86. The first-order valence-electron chi connectivity index (χ1n) is 5.12. The molecule has 0 aliphatic carbocycles. The molecular formula is C11H18N2OS. The lowest BCUT2D eigenvalue weighted by molar-refractivity contribution is -0.130. The van der Waals surface area contributed by atoms with E-state index in [9.17, 15) is 4.79 Å². The Bertz CT molecular complexity index is 304. The summed E-state index contributed by atoms with van der Waals surface area (Å²) in [5, 5.41) is 6.95. The molecule has 3 N–H and O–H groups in total. The zero-order valence-corrected chi connectivity index (χ0v) is 10.1. The topological polar surface area (TPSA) is 55.1 Å². The Morgan fingerprint density at radius 1 is 1.67 bits per heavy atom. The SMILES string of the molecule is CCC(C)(CN)C(=O)NCc1ccsc1. The van der Waals surface area contributed by atoms with Gasteiger partial charge in [-0.15, -0.1) is 0 Å². The molecule has 1 atom stereocenters. The van der Waals surface area contributed by atoms with Crippen LogP contribution < -0.4 is 11.1 Å². The van der Waals surface area contributed by atoms with E-state index in [0.717, 1.165) is 12.0 Å². The smallest absolute Gasteiger partial charge is 0.227 e. The third kappa shape index (κ3) is 3.04. The van der Waals surface area contributed by atoms with Crippen molar-refractivity contribution in [3.8, 4) is 0 Å². The lowest BCUT2D eigenvalue weighted by atomic mass is 9.86. The van der Waals surface area contributed by atoms with E-state index in [4.69, 9.17) is 5.73 Å². The molecule has 0 aliphatic heterocycles. The molecule has 0 aliphatic rings. The number of rotatable bonds is 5. The molecule has 0 radical (unpaired) electrons. The normalized spacial score (nSPS) is 14.6. The number of nitrogens with two attached hydrogens (primary N) is 1. The zero-order valence-electron chi connectivity index (χ0n) is 9.25. The molecule has 0 aromatic carbocycles. The fourth-order valence-corrected chi connectivity index (χ4v) is 1.86. The van der Waals surface area contributed by atoms with Crippen molar-refractivity contribution < 1.29 is 4.79 Å². The second-order valence-electron chi connectivity index (χ2n) is 3.93. The Morgan fingerprint density at radius 3 is 2.87 bits per heavy atom. The third-order valence-corrected chi connectivity index (χ3v) is 3.54. The van der Waals surface area contributed by atoms with E-state index in [1.165, 1.54) is 0 Å². The molecule has 1 amide bonds. The fourth-order valence-electron chi connectivity index (χ4n) is 1.19. The van der Waals surface area contributed by atoms with Crippen molar-refractivity contribution in [1.29, 1.82) is 0 Å². The second kappa shape index (κ2) is 5.28. The predicted octanol–water partition coefficient (Wildman–Crippen LogP) is 1.74. The van der Waals surface area contributed by atoms with Gasteiger partial charge in [-0.05, 0) is 35.7 Å². The molecule has 1 rings (SSSR count). The number of hydrogen-bond acceptors (Lipinski definition) is 3. The molecule has 3 nitrogen and oxygen atoms in total. The standard InChI is InChI=1S/C11H18N2OS/c1-3-11(2,8-12)10(14)13-6-9-4-5-15-7-9/h4-5,7H,3,6,8,12H2,1-2H3,(H,13,14). The van der Waals surface area contributed by atoms with Crippen LogP contribution in [0.25, 0.3) is 0 Å². The first-order chi connectivity index (χ1) is 7.12. The highest BCUT2D eigenvalue weighted by Crippen LogP contribution is 2.19. The lowest BCUT2D eigenvalue weighted by Gasteiger charge is -2.24. The Hall–Kier alpha value is -0.870. The summed E-state index contributed by atoms with van der Waals surface area (Å²) in [6.07, 6.45) is 0.763. The predicted molar refractivity (Wildman–Crippen MR) is 63.6 cm³/mol. The Balaban J connectivity index is 2.48. The minimum Gasteiger partial charge on any atom is -0.351 e. The van der Waals surface area contributed by atoms with Crippen LogP contribution in [-0.2, 0) is 11.3 Å². The van der Waals surface area contributed by atoms with Crippen molar-refractivity contribution in [2.75, 3.05) is 6.54 Å². The minimum atomic E-state index is -0.435. The van der Waals surface area contributed by atoms with Gasteiger partial charge in [0.05, 0.1) is 5.41 Å². The summed E-state index contributed by atoms with van der Waals surface area (Å²) in [6, 6.07) is 2.01. The molecule has 1 heterocycles. The van der Waals surface area contributed by atoms with E-state index in [1.807, 2.05) is 30.7 Å². The molecular weight excluding hydrogens is 208 g/mol. The highest BCUT2D eigenvalue weighted by atomic mass is 32.1. The van der Waals surface area contributed by atoms with E-state index >= 15 is 0 Å². The molecule has 84 valence electrons. The summed E-state index contributed by atoms with van der Waals surface area (Å²) in [5.41, 5.74) is 6.32. The van der Waals surface area contributed by atoms with Gasteiger partial charge in [0.15, 0.2) is 0 Å². The Morgan fingerprint density at radius 2 is 2.40 bits per heavy atom. The van der Waals surface area contributed by atoms with Crippen LogP contribution in [0.2, 0.25) is 0 Å². The maximum Gasteiger partial charge on any atom is 0.227 e. The van der Waals surface area contributed by atoms with Gasteiger partial charge in [0.2, 0.25) is 5.91 Å². The van der Waals surface area contributed by atoms with Crippen LogP contribution in [0.4, 0.5) is 0 Å².